The van der Waals surface area contributed by atoms with E-state index < -0.39 is 47.0 Å². The highest BCUT2D eigenvalue weighted by Gasteiger charge is 2.34. The molecule has 1 fully saturated rings. The Morgan fingerprint density at radius 2 is 1.64 bits per heavy atom. The molecule has 1 heterocycles. The van der Waals surface area contributed by atoms with Crippen LogP contribution in [-0.4, -0.2) is 86.7 Å². The van der Waals surface area contributed by atoms with Crippen molar-refractivity contribution in [2.45, 2.75) is 90.6 Å². The lowest BCUT2D eigenvalue weighted by Gasteiger charge is -2.26. The second-order valence-electron chi connectivity index (χ2n) is 10.2. The van der Waals surface area contributed by atoms with Crippen molar-refractivity contribution >= 4 is 18.0 Å². The Morgan fingerprint density at radius 1 is 1.00 bits per heavy atom. The molecule has 0 aromatic rings. The van der Waals surface area contributed by atoms with E-state index in [1.807, 2.05) is 20.8 Å². The monoisotopic (exact) mass is 476 g/mol. The number of rotatable bonds is 10. The van der Waals surface area contributed by atoms with Gasteiger partial charge < -0.3 is 39.1 Å². The third-order valence-electron chi connectivity index (χ3n) is 4.15. The van der Waals surface area contributed by atoms with Crippen LogP contribution in [0.1, 0.15) is 55.4 Å². The number of carbonyl (C=O) groups is 3. The van der Waals surface area contributed by atoms with Gasteiger partial charge in [-0.05, 0) is 55.4 Å². The maximum absolute atomic E-state index is 12.9. The number of esters is 1. The Balaban J connectivity index is 2.82. The summed E-state index contributed by atoms with van der Waals surface area (Å²) in [6.07, 6.45) is -1.11. The van der Waals surface area contributed by atoms with Gasteiger partial charge in [-0.1, -0.05) is 0 Å². The number of carbonyl (C=O) groups excluding carboxylic acids is 3. The van der Waals surface area contributed by atoms with E-state index in [2.05, 4.69) is 10.6 Å². The van der Waals surface area contributed by atoms with Gasteiger partial charge in [0.05, 0.1) is 39.1 Å². The van der Waals surface area contributed by atoms with Crippen molar-refractivity contribution in [1.29, 1.82) is 0 Å². The average molecular weight is 477 g/mol. The van der Waals surface area contributed by atoms with E-state index in [-0.39, 0.29) is 25.9 Å². The van der Waals surface area contributed by atoms with E-state index in [0.717, 1.165) is 0 Å². The van der Waals surface area contributed by atoms with Crippen LogP contribution in [0.25, 0.3) is 0 Å². The number of amides is 2. The smallest absolute Gasteiger partial charge is 0.408 e. The molecule has 33 heavy (non-hydrogen) atoms. The molecule has 0 saturated carbocycles. The molecule has 1 rings (SSSR count). The Kier molecular flexibility index (Phi) is 10.5. The minimum absolute atomic E-state index is 0.107. The fraction of sp³-hybridized carbons (Fsp3) is 0.864. The SMILES string of the molecule is COC(=O)[C@@H](COC(C)(C)C)NC(=O)C(COC[C@H]1COC(C)(C)O1)NC(=O)OC(C)(C)C. The predicted molar refractivity (Wildman–Crippen MR) is 119 cm³/mol. The molecule has 2 N–H and O–H groups in total. The van der Waals surface area contributed by atoms with E-state index in [9.17, 15) is 14.4 Å². The molecule has 2 amide bonds. The van der Waals surface area contributed by atoms with Gasteiger partial charge >= 0.3 is 12.1 Å². The van der Waals surface area contributed by atoms with E-state index in [0.29, 0.717) is 6.61 Å². The minimum Gasteiger partial charge on any atom is -0.467 e. The highest BCUT2D eigenvalue weighted by atomic mass is 16.7. The maximum atomic E-state index is 12.9. The van der Waals surface area contributed by atoms with Crippen LogP contribution in [0.2, 0.25) is 0 Å². The lowest BCUT2D eigenvalue weighted by atomic mass is 10.2. The molecule has 1 saturated heterocycles. The number of hydrogen-bond donors (Lipinski definition) is 2. The molecule has 1 aliphatic heterocycles. The van der Waals surface area contributed by atoms with Crippen LogP contribution in [0.5, 0.6) is 0 Å². The highest BCUT2D eigenvalue weighted by molar-refractivity contribution is 5.89. The predicted octanol–water partition coefficient (Wildman–Crippen LogP) is 1.52. The lowest BCUT2D eigenvalue weighted by molar-refractivity contribution is -0.149. The van der Waals surface area contributed by atoms with Gasteiger partial charge in [0, 0.05) is 0 Å². The van der Waals surface area contributed by atoms with Gasteiger partial charge in [-0.15, -0.1) is 0 Å². The maximum Gasteiger partial charge on any atom is 0.408 e. The highest BCUT2D eigenvalue weighted by Crippen LogP contribution is 2.22. The van der Waals surface area contributed by atoms with E-state index in [4.69, 9.17) is 28.4 Å². The van der Waals surface area contributed by atoms with Crippen LogP contribution in [0.4, 0.5) is 4.79 Å². The standard InChI is InChI=1S/C22H40N2O9/c1-20(2,3)30-13-16(18(26)28-9)23-17(25)15(24-19(27)33-21(4,5)6)12-29-10-14-11-31-22(7,8)32-14/h14-16H,10-13H2,1-9H3,(H,23,25)(H,24,27)/t14-,15?,16+/m0/s1. The summed E-state index contributed by atoms with van der Waals surface area (Å²) in [5, 5.41) is 5.04. The van der Waals surface area contributed by atoms with Crippen LogP contribution >= 0.6 is 0 Å². The van der Waals surface area contributed by atoms with Gasteiger partial charge in [0.1, 0.15) is 17.7 Å². The average Bonchev–Trinajstić information content (AvgIpc) is 2.99. The summed E-state index contributed by atoms with van der Waals surface area (Å²) < 4.78 is 32.4. The van der Waals surface area contributed by atoms with Crippen LogP contribution in [-0.2, 0) is 38.0 Å². The van der Waals surface area contributed by atoms with Crippen molar-refractivity contribution in [3.63, 3.8) is 0 Å². The zero-order valence-electron chi connectivity index (χ0n) is 21.2. The second kappa shape index (κ2) is 12.0. The first kappa shape index (κ1) is 29.1. The van der Waals surface area contributed by atoms with Crippen molar-refractivity contribution < 1.29 is 42.8 Å². The Bertz CT molecular complexity index is 668. The topological polar surface area (TPSA) is 131 Å². The molecule has 1 unspecified atom stereocenters. The fourth-order valence-corrected chi connectivity index (χ4v) is 2.71. The van der Waals surface area contributed by atoms with Gasteiger partial charge in [-0.3, -0.25) is 4.79 Å². The molecular weight excluding hydrogens is 436 g/mol. The summed E-state index contributed by atoms with van der Waals surface area (Å²) in [6, 6.07) is -2.21. The molecule has 0 aromatic heterocycles. The zero-order chi connectivity index (χ0) is 25.4. The molecule has 0 radical (unpaired) electrons. The second-order valence-corrected chi connectivity index (χ2v) is 10.2. The lowest BCUT2D eigenvalue weighted by Crippen LogP contribution is -2.55. The largest absolute Gasteiger partial charge is 0.467 e. The Labute approximate surface area is 196 Å². The summed E-state index contributed by atoms with van der Waals surface area (Å²) in [6.45, 7) is 14.4. The van der Waals surface area contributed by atoms with Gasteiger partial charge in [-0.2, -0.15) is 0 Å². The molecule has 0 aliphatic carbocycles. The third kappa shape index (κ3) is 12.2. The zero-order valence-corrected chi connectivity index (χ0v) is 21.2. The van der Waals surface area contributed by atoms with Gasteiger partial charge in [-0.25, -0.2) is 9.59 Å². The Hall–Kier alpha value is -1.95. The van der Waals surface area contributed by atoms with Crippen LogP contribution in [0.3, 0.4) is 0 Å². The molecule has 11 nitrogen and oxygen atoms in total. The molecule has 0 bridgehead atoms. The van der Waals surface area contributed by atoms with Crippen molar-refractivity contribution in [3.8, 4) is 0 Å². The molecule has 1 aliphatic rings. The van der Waals surface area contributed by atoms with E-state index >= 15 is 0 Å². The normalized spacial score (nSPS) is 20.0. The summed E-state index contributed by atoms with van der Waals surface area (Å²) in [5.41, 5.74) is -1.30. The summed E-state index contributed by atoms with van der Waals surface area (Å²) in [5.74, 6) is -2.04. The van der Waals surface area contributed by atoms with Crippen molar-refractivity contribution in [3.05, 3.63) is 0 Å². The number of hydrogen-bond acceptors (Lipinski definition) is 9. The van der Waals surface area contributed by atoms with Gasteiger partial charge in [0.2, 0.25) is 5.91 Å². The first-order chi connectivity index (χ1) is 15.0. The molecule has 0 aromatic carbocycles. The molecular formula is C22H40N2O9. The molecule has 192 valence electrons. The summed E-state index contributed by atoms with van der Waals surface area (Å²) in [7, 11) is 1.21. The fourth-order valence-electron chi connectivity index (χ4n) is 2.71. The number of nitrogens with one attached hydrogen (secondary N) is 2. The van der Waals surface area contributed by atoms with Gasteiger partial charge in [0.15, 0.2) is 11.8 Å². The van der Waals surface area contributed by atoms with Crippen LogP contribution < -0.4 is 10.6 Å². The third-order valence-corrected chi connectivity index (χ3v) is 4.15. The summed E-state index contributed by atoms with van der Waals surface area (Å²) in [4.78, 5) is 37.4. The summed E-state index contributed by atoms with van der Waals surface area (Å²) >= 11 is 0. The van der Waals surface area contributed by atoms with Crippen molar-refractivity contribution in [2.24, 2.45) is 0 Å². The first-order valence-corrected chi connectivity index (χ1v) is 10.9. The van der Waals surface area contributed by atoms with Crippen LogP contribution in [0.15, 0.2) is 0 Å². The molecule has 0 spiro atoms. The minimum atomic E-state index is -1.14. The first-order valence-electron chi connectivity index (χ1n) is 10.9. The van der Waals surface area contributed by atoms with E-state index in [1.54, 1.807) is 34.6 Å². The Morgan fingerprint density at radius 3 is 2.12 bits per heavy atom. The van der Waals surface area contributed by atoms with Crippen molar-refractivity contribution in [2.75, 3.05) is 33.5 Å². The quantitative estimate of drug-likeness (QED) is 0.451. The van der Waals surface area contributed by atoms with Gasteiger partial charge in [0.25, 0.3) is 0 Å². The molecule has 3 atom stereocenters. The van der Waals surface area contributed by atoms with Crippen molar-refractivity contribution in [1.82, 2.24) is 10.6 Å². The van der Waals surface area contributed by atoms with E-state index in [1.165, 1.54) is 7.11 Å². The van der Waals surface area contributed by atoms with Crippen LogP contribution in [0, 0.1) is 0 Å². The molecule has 11 heteroatoms. The number of methoxy groups -OCH3 is 1. The number of ether oxygens (including phenoxy) is 6. The number of alkyl carbamates (subject to hydrolysis) is 1.